The zero-order chi connectivity index (χ0) is 20.9. The highest BCUT2D eigenvalue weighted by Gasteiger charge is 2.32. The van der Waals surface area contributed by atoms with Crippen molar-refractivity contribution < 1.29 is 9.47 Å². The molecule has 1 aliphatic heterocycles. The predicted molar refractivity (Wildman–Crippen MR) is 128 cm³/mol. The first-order valence-corrected chi connectivity index (χ1v) is 13.6. The lowest BCUT2D eigenvalue weighted by molar-refractivity contribution is -0.234. The molecule has 0 amide bonds. The van der Waals surface area contributed by atoms with Crippen LogP contribution in [0.2, 0.25) is 0 Å². The maximum atomic E-state index is 6.31. The molecule has 0 saturated carbocycles. The van der Waals surface area contributed by atoms with E-state index in [-0.39, 0.29) is 5.79 Å². The van der Waals surface area contributed by atoms with Crippen molar-refractivity contribution in [1.82, 2.24) is 0 Å². The quantitative estimate of drug-likeness (QED) is 0.186. The smallest absolute Gasteiger partial charge is 0.168 e. The summed E-state index contributed by atoms with van der Waals surface area (Å²) in [7, 11) is 0. The molecule has 0 N–H and O–H groups in total. The van der Waals surface area contributed by atoms with Gasteiger partial charge in [-0.2, -0.15) is 0 Å². The molecular formula is C27H54O2. The molecular weight excluding hydrogens is 356 g/mol. The summed E-state index contributed by atoms with van der Waals surface area (Å²) in [6.07, 6.45) is 29.5. The van der Waals surface area contributed by atoms with Crippen molar-refractivity contribution in [3.05, 3.63) is 0 Å². The van der Waals surface area contributed by atoms with Crippen LogP contribution in [0.4, 0.5) is 0 Å². The van der Waals surface area contributed by atoms with Crippen molar-refractivity contribution in [2.45, 2.75) is 161 Å². The summed E-state index contributed by atoms with van der Waals surface area (Å²) in [5, 5.41) is 0. The van der Waals surface area contributed by atoms with E-state index in [9.17, 15) is 0 Å². The van der Waals surface area contributed by atoms with Crippen LogP contribution in [0.25, 0.3) is 0 Å². The van der Waals surface area contributed by atoms with Crippen molar-refractivity contribution in [3.8, 4) is 0 Å². The molecule has 0 aliphatic carbocycles. The summed E-state index contributed by atoms with van der Waals surface area (Å²) in [5.41, 5.74) is 0. The van der Waals surface area contributed by atoms with E-state index in [2.05, 4.69) is 13.8 Å². The van der Waals surface area contributed by atoms with Crippen molar-refractivity contribution in [2.75, 3.05) is 13.2 Å². The van der Waals surface area contributed by atoms with E-state index in [1.165, 1.54) is 116 Å². The topological polar surface area (TPSA) is 18.5 Å². The monoisotopic (exact) mass is 410 g/mol. The largest absolute Gasteiger partial charge is 0.350 e. The molecule has 29 heavy (non-hydrogen) atoms. The summed E-state index contributed by atoms with van der Waals surface area (Å²) in [4.78, 5) is 0. The molecule has 0 aromatic rings. The average molecular weight is 411 g/mol. The van der Waals surface area contributed by atoms with Crippen LogP contribution in [0.1, 0.15) is 155 Å². The summed E-state index contributed by atoms with van der Waals surface area (Å²) in [6, 6.07) is 0. The molecule has 1 heterocycles. The van der Waals surface area contributed by atoms with Gasteiger partial charge in [0.15, 0.2) is 5.79 Å². The van der Waals surface area contributed by atoms with Crippen LogP contribution < -0.4 is 0 Å². The van der Waals surface area contributed by atoms with Gasteiger partial charge < -0.3 is 9.47 Å². The Kier molecular flexibility index (Phi) is 18.5. The minimum atomic E-state index is -0.251. The Hall–Kier alpha value is -0.0800. The third-order valence-corrected chi connectivity index (χ3v) is 6.59. The maximum Gasteiger partial charge on any atom is 0.168 e. The molecule has 1 saturated heterocycles. The van der Waals surface area contributed by atoms with E-state index < -0.39 is 0 Å². The molecule has 0 atom stereocenters. The predicted octanol–water partition coefficient (Wildman–Crippen LogP) is 9.35. The molecule has 1 rings (SSSR count). The van der Waals surface area contributed by atoms with E-state index in [1.54, 1.807) is 0 Å². The van der Waals surface area contributed by atoms with Gasteiger partial charge in [0.05, 0.1) is 13.2 Å². The van der Waals surface area contributed by atoms with Crippen molar-refractivity contribution in [1.29, 1.82) is 0 Å². The molecule has 0 spiro atoms. The highest BCUT2D eigenvalue weighted by molar-refractivity contribution is 4.73. The molecule has 0 aromatic heterocycles. The van der Waals surface area contributed by atoms with Gasteiger partial charge in [-0.3, -0.25) is 0 Å². The number of rotatable bonds is 20. The molecule has 0 unspecified atom stereocenters. The summed E-state index contributed by atoms with van der Waals surface area (Å²) >= 11 is 0. The van der Waals surface area contributed by atoms with E-state index in [0.29, 0.717) is 0 Å². The van der Waals surface area contributed by atoms with Crippen molar-refractivity contribution >= 4 is 0 Å². The lowest BCUT2D eigenvalue weighted by Gasteiger charge is -2.32. The van der Waals surface area contributed by atoms with Gasteiger partial charge in [0, 0.05) is 12.8 Å². The minimum Gasteiger partial charge on any atom is -0.350 e. The highest BCUT2D eigenvalue weighted by Crippen LogP contribution is 2.31. The van der Waals surface area contributed by atoms with Gasteiger partial charge in [-0.15, -0.1) is 0 Å². The normalized spacial score (nSPS) is 16.8. The Morgan fingerprint density at radius 1 is 0.448 bits per heavy atom. The zero-order valence-electron chi connectivity index (χ0n) is 20.3. The molecule has 1 aliphatic rings. The molecule has 174 valence electrons. The molecule has 2 heteroatoms. The Balaban J connectivity index is 2.12. The summed E-state index contributed by atoms with van der Waals surface area (Å²) in [6.45, 7) is 6.38. The Morgan fingerprint density at radius 3 is 1.10 bits per heavy atom. The van der Waals surface area contributed by atoms with Crippen LogP contribution in [-0.4, -0.2) is 19.0 Å². The maximum absolute atomic E-state index is 6.31. The summed E-state index contributed by atoms with van der Waals surface area (Å²) < 4.78 is 12.6. The average Bonchev–Trinajstić information content (AvgIpc) is 2.97. The Bertz CT molecular complexity index is 320. The first-order chi connectivity index (χ1) is 14.3. The fourth-order valence-corrected chi connectivity index (χ4v) is 4.59. The highest BCUT2D eigenvalue weighted by atomic mass is 16.7. The third kappa shape index (κ3) is 15.4. The van der Waals surface area contributed by atoms with Gasteiger partial charge in [-0.05, 0) is 25.7 Å². The fraction of sp³-hybridized carbons (Fsp3) is 1.00. The standard InChI is InChI=1S/C27H54O2/c1-3-5-7-9-11-13-14-16-18-20-24-27(28-25-21-22-26-29-27)23-19-17-15-12-10-8-6-4-2/h3-26H2,1-2H3. The second kappa shape index (κ2) is 19.9. The van der Waals surface area contributed by atoms with Crippen LogP contribution in [0.5, 0.6) is 0 Å². The first kappa shape index (κ1) is 27.0. The number of hydrogen-bond acceptors (Lipinski definition) is 2. The van der Waals surface area contributed by atoms with E-state index >= 15 is 0 Å². The van der Waals surface area contributed by atoms with Crippen LogP contribution >= 0.6 is 0 Å². The number of hydrogen-bond donors (Lipinski definition) is 0. The number of unbranched alkanes of at least 4 members (excludes halogenated alkanes) is 16. The lowest BCUT2D eigenvalue weighted by atomic mass is 9.98. The van der Waals surface area contributed by atoms with Gasteiger partial charge in [0.25, 0.3) is 0 Å². The van der Waals surface area contributed by atoms with Crippen LogP contribution in [0, 0.1) is 0 Å². The fourth-order valence-electron chi connectivity index (χ4n) is 4.59. The van der Waals surface area contributed by atoms with Crippen LogP contribution in [0.15, 0.2) is 0 Å². The first-order valence-electron chi connectivity index (χ1n) is 13.6. The SMILES string of the molecule is CCCCCCCCCCCCC1(CCCCCCCCCC)OCCCCO1. The molecule has 0 radical (unpaired) electrons. The second-order valence-electron chi connectivity index (χ2n) is 9.47. The van der Waals surface area contributed by atoms with Crippen molar-refractivity contribution in [2.24, 2.45) is 0 Å². The minimum absolute atomic E-state index is 0.251. The Labute approximate surface area is 183 Å². The molecule has 0 bridgehead atoms. The second-order valence-corrected chi connectivity index (χ2v) is 9.47. The molecule has 1 fully saturated rings. The molecule has 0 aromatic carbocycles. The summed E-state index contributed by atoms with van der Waals surface area (Å²) in [5.74, 6) is -0.251. The van der Waals surface area contributed by atoms with Crippen LogP contribution in [0.3, 0.4) is 0 Å². The van der Waals surface area contributed by atoms with Gasteiger partial charge in [0.1, 0.15) is 0 Å². The molecule has 2 nitrogen and oxygen atoms in total. The van der Waals surface area contributed by atoms with E-state index in [0.717, 1.165) is 38.9 Å². The van der Waals surface area contributed by atoms with E-state index in [1.807, 2.05) is 0 Å². The number of ether oxygens (including phenoxy) is 2. The third-order valence-electron chi connectivity index (χ3n) is 6.59. The van der Waals surface area contributed by atoms with Crippen molar-refractivity contribution in [3.63, 3.8) is 0 Å². The van der Waals surface area contributed by atoms with Gasteiger partial charge in [-0.25, -0.2) is 0 Å². The van der Waals surface area contributed by atoms with Gasteiger partial charge >= 0.3 is 0 Å². The lowest BCUT2D eigenvalue weighted by Crippen LogP contribution is -2.35. The zero-order valence-corrected chi connectivity index (χ0v) is 20.3. The van der Waals surface area contributed by atoms with E-state index in [4.69, 9.17) is 9.47 Å². The van der Waals surface area contributed by atoms with Gasteiger partial charge in [-0.1, -0.05) is 117 Å². The Morgan fingerprint density at radius 2 is 0.759 bits per heavy atom. The van der Waals surface area contributed by atoms with Gasteiger partial charge in [0.2, 0.25) is 0 Å². The van der Waals surface area contributed by atoms with Crippen LogP contribution in [-0.2, 0) is 9.47 Å².